The first-order valence-corrected chi connectivity index (χ1v) is 4.29. The lowest BCUT2D eigenvalue weighted by molar-refractivity contribution is -0.142. The molecule has 0 saturated carbocycles. The molecule has 1 aliphatic rings. The van der Waals surface area contributed by atoms with Crippen molar-refractivity contribution in [2.75, 3.05) is 20.1 Å². The summed E-state index contributed by atoms with van der Waals surface area (Å²) in [7, 11) is 1.92. The van der Waals surface area contributed by atoms with Crippen LogP contribution in [0, 0.1) is 0 Å². The van der Waals surface area contributed by atoms with E-state index >= 15 is 0 Å². The third-order valence-corrected chi connectivity index (χ3v) is 2.53. The van der Waals surface area contributed by atoms with E-state index in [2.05, 4.69) is 5.32 Å². The number of hydrogen-bond acceptors (Lipinski definition) is 3. The number of nitrogens with one attached hydrogen (secondary N) is 1. The van der Waals surface area contributed by atoms with Gasteiger partial charge in [0.25, 0.3) is 0 Å². The molecule has 1 saturated heterocycles. The molecule has 0 aromatic rings. The summed E-state index contributed by atoms with van der Waals surface area (Å²) in [4.78, 5) is 12.6. The highest BCUT2D eigenvalue weighted by molar-refractivity contribution is 5.72. The van der Waals surface area contributed by atoms with Crippen molar-refractivity contribution in [1.29, 1.82) is 0 Å². The molecule has 70 valence electrons. The second-order valence-electron chi connectivity index (χ2n) is 3.28. The average molecular weight is 172 g/mol. The van der Waals surface area contributed by atoms with E-state index in [4.69, 9.17) is 5.11 Å². The third kappa shape index (κ3) is 1.95. The number of carboxylic acids is 1. The second kappa shape index (κ2) is 3.87. The van der Waals surface area contributed by atoms with Crippen molar-refractivity contribution in [3.8, 4) is 0 Å². The van der Waals surface area contributed by atoms with Crippen LogP contribution in [0.2, 0.25) is 0 Å². The fourth-order valence-corrected chi connectivity index (χ4v) is 1.53. The lowest BCUT2D eigenvalue weighted by atomic mass is 10.3. The summed E-state index contributed by atoms with van der Waals surface area (Å²) >= 11 is 0. The van der Waals surface area contributed by atoms with Gasteiger partial charge in [-0.25, -0.2) is 0 Å². The standard InChI is InChI=1S/C8H16N2O2/c1-6(8(11)12)10-4-3-7(5-10)9-2/h6-7,9H,3-5H2,1-2H3,(H,11,12). The van der Waals surface area contributed by atoms with Crippen LogP contribution in [0.15, 0.2) is 0 Å². The quantitative estimate of drug-likeness (QED) is 0.616. The van der Waals surface area contributed by atoms with E-state index in [9.17, 15) is 4.79 Å². The Morgan fingerprint density at radius 2 is 2.42 bits per heavy atom. The highest BCUT2D eigenvalue weighted by atomic mass is 16.4. The molecule has 0 amide bonds. The number of carbonyl (C=O) groups is 1. The van der Waals surface area contributed by atoms with Crippen molar-refractivity contribution in [2.45, 2.75) is 25.4 Å². The Hall–Kier alpha value is -0.610. The predicted octanol–water partition coefficient (Wildman–Crippen LogP) is -0.247. The van der Waals surface area contributed by atoms with Gasteiger partial charge in [0.15, 0.2) is 0 Å². The molecule has 4 heteroatoms. The molecule has 0 spiro atoms. The maximum absolute atomic E-state index is 10.6. The summed E-state index contributed by atoms with van der Waals surface area (Å²) in [5.74, 6) is -0.730. The molecule has 0 aromatic carbocycles. The fraction of sp³-hybridized carbons (Fsp3) is 0.875. The van der Waals surface area contributed by atoms with E-state index in [-0.39, 0.29) is 6.04 Å². The number of carboxylic acid groups (broad SMARTS) is 1. The van der Waals surface area contributed by atoms with E-state index in [0.29, 0.717) is 6.04 Å². The van der Waals surface area contributed by atoms with Crippen LogP contribution in [0.4, 0.5) is 0 Å². The zero-order valence-corrected chi connectivity index (χ0v) is 7.58. The lowest BCUT2D eigenvalue weighted by Crippen LogP contribution is -2.39. The molecule has 1 rings (SSSR count). The summed E-state index contributed by atoms with van der Waals surface area (Å²) in [6, 6.07) is 0.121. The van der Waals surface area contributed by atoms with E-state index in [1.54, 1.807) is 6.92 Å². The first kappa shape index (κ1) is 9.48. The van der Waals surface area contributed by atoms with E-state index < -0.39 is 5.97 Å². The Morgan fingerprint density at radius 3 is 2.83 bits per heavy atom. The predicted molar refractivity (Wildman–Crippen MR) is 46.1 cm³/mol. The maximum atomic E-state index is 10.6. The Bertz CT molecular complexity index is 172. The molecule has 2 unspecified atom stereocenters. The van der Waals surface area contributed by atoms with Gasteiger partial charge in [-0.15, -0.1) is 0 Å². The normalized spacial score (nSPS) is 27.3. The number of hydrogen-bond donors (Lipinski definition) is 2. The first-order valence-electron chi connectivity index (χ1n) is 4.29. The van der Waals surface area contributed by atoms with Crippen molar-refractivity contribution in [1.82, 2.24) is 10.2 Å². The number of rotatable bonds is 3. The van der Waals surface area contributed by atoms with Crippen LogP contribution in [0.25, 0.3) is 0 Å². The van der Waals surface area contributed by atoms with E-state index in [1.807, 2.05) is 11.9 Å². The lowest BCUT2D eigenvalue weighted by Gasteiger charge is -2.20. The molecule has 12 heavy (non-hydrogen) atoms. The first-order chi connectivity index (χ1) is 5.65. The number of likely N-dealkylation sites (tertiary alicyclic amines) is 1. The van der Waals surface area contributed by atoms with Crippen LogP contribution in [0.1, 0.15) is 13.3 Å². The summed E-state index contributed by atoms with van der Waals surface area (Å²) in [5, 5.41) is 11.9. The summed E-state index contributed by atoms with van der Waals surface area (Å²) < 4.78 is 0. The van der Waals surface area contributed by atoms with Crippen molar-refractivity contribution in [3.63, 3.8) is 0 Å². The minimum absolute atomic E-state index is 0.344. The molecule has 1 aliphatic heterocycles. The molecule has 1 heterocycles. The highest BCUT2D eigenvalue weighted by Gasteiger charge is 2.28. The molecule has 0 radical (unpaired) electrons. The molecule has 0 aliphatic carbocycles. The Morgan fingerprint density at radius 1 is 1.75 bits per heavy atom. The zero-order valence-electron chi connectivity index (χ0n) is 7.58. The van der Waals surface area contributed by atoms with Crippen LogP contribution in [0.5, 0.6) is 0 Å². The number of aliphatic carboxylic acids is 1. The Kier molecular flexibility index (Phi) is 3.05. The van der Waals surface area contributed by atoms with E-state index in [1.165, 1.54) is 0 Å². The average Bonchev–Trinajstić information content (AvgIpc) is 2.50. The van der Waals surface area contributed by atoms with Crippen molar-refractivity contribution >= 4 is 5.97 Å². The van der Waals surface area contributed by atoms with Gasteiger partial charge in [0.1, 0.15) is 6.04 Å². The Balaban J connectivity index is 2.41. The summed E-state index contributed by atoms with van der Waals surface area (Å²) in [5.41, 5.74) is 0. The molecule has 0 aromatic heterocycles. The van der Waals surface area contributed by atoms with E-state index in [0.717, 1.165) is 19.5 Å². The molecule has 2 N–H and O–H groups in total. The number of likely N-dealkylation sites (N-methyl/N-ethyl adjacent to an activating group) is 1. The maximum Gasteiger partial charge on any atom is 0.320 e. The fourth-order valence-electron chi connectivity index (χ4n) is 1.53. The second-order valence-corrected chi connectivity index (χ2v) is 3.28. The van der Waals surface area contributed by atoms with Gasteiger partial charge in [0.2, 0.25) is 0 Å². The van der Waals surface area contributed by atoms with Gasteiger partial charge in [0.05, 0.1) is 0 Å². The van der Waals surface area contributed by atoms with Crippen molar-refractivity contribution in [2.24, 2.45) is 0 Å². The molecule has 4 nitrogen and oxygen atoms in total. The van der Waals surface area contributed by atoms with Gasteiger partial charge in [-0.2, -0.15) is 0 Å². The van der Waals surface area contributed by atoms with Crippen LogP contribution < -0.4 is 5.32 Å². The topological polar surface area (TPSA) is 52.6 Å². The van der Waals surface area contributed by atoms with Crippen LogP contribution >= 0.6 is 0 Å². The zero-order chi connectivity index (χ0) is 9.14. The number of nitrogens with zero attached hydrogens (tertiary/aromatic N) is 1. The molecular weight excluding hydrogens is 156 g/mol. The van der Waals surface area contributed by atoms with Gasteiger partial charge in [-0.3, -0.25) is 9.69 Å². The van der Waals surface area contributed by atoms with Crippen LogP contribution in [-0.2, 0) is 4.79 Å². The Labute approximate surface area is 72.6 Å². The van der Waals surface area contributed by atoms with Gasteiger partial charge < -0.3 is 10.4 Å². The van der Waals surface area contributed by atoms with Crippen molar-refractivity contribution in [3.05, 3.63) is 0 Å². The van der Waals surface area contributed by atoms with Crippen LogP contribution in [-0.4, -0.2) is 48.2 Å². The smallest absolute Gasteiger partial charge is 0.320 e. The molecule has 2 atom stereocenters. The van der Waals surface area contributed by atoms with Gasteiger partial charge in [-0.05, 0) is 20.4 Å². The summed E-state index contributed by atoms with van der Waals surface area (Å²) in [6.07, 6.45) is 1.05. The van der Waals surface area contributed by atoms with Crippen molar-refractivity contribution < 1.29 is 9.90 Å². The largest absolute Gasteiger partial charge is 0.480 e. The minimum Gasteiger partial charge on any atom is -0.480 e. The van der Waals surface area contributed by atoms with Crippen LogP contribution in [0.3, 0.4) is 0 Å². The minimum atomic E-state index is -0.730. The molecule has 0 bridgehead atoms. The highest BCUT2D eigenvalue weighted by Crippen LogP contribution is 2.12. The molecular formula is C8H16N2O2. The monoisotopic (exact) mass is 172 g/mol. The van der Waals surface area contributed by atoms with Gasteiger partial charge >= 0.3 is 5.97 Å². The van der Waals surface area contributed by atoms with Gasteiger partial charge in [-0.1, -0.05) is 0 Å². The summed E-state index contributed by atoms with van der Waals surface area (Å²) in [6.45, 7) is 3.48. The molecule has 1 fully saturated rings. The van der Waals surface area contributed by atoms with Gasteiger partial charge in [0, 0.05) is 19.1 Å². The SMILES string of the molecule is CNC1CCN(C(C)C(=O)O)C1. The third-order valence-electron chi connectivity index (χ3n) is 2.53.